The molecule has 0 rings (SSSR count). The van der Waals surface area contributed by atoms with Gasteiger partial charge in [-0.05, 0) is 26.7 Å². The lowest BCUT2D eigenvalue weighted by atomic mass is 10.2. The molecule has 0 atom stereocenters. The van der Waals surface area contributed by atoms with Gasteiger partial charge in [-0.3, -0.25) is 0 Å². The van der Waals surface area contributed by atoms with Gasteiger partial charge < -0.3 is 5.73 Å². The maximum absolute atomic E-state index is 5.27. The Morgan fingerprint density at radius 1 is 1.18 bits per heavy atom. The van der Waals surface area contributed by atoms with Crippen LogP contribution in [0, 0.1) is 0 Å². The molecule has 0 aromatic carbocycles. The van der Waals surface area contributed by atoms with Crippen LogP contribution in [-0.4, -0.2) is 6.54 Å². The standard InChI is InChI=1S/C9H17N.CH4/c1-9(2)7-5-3-4-6-8-10;/h4,6-7H,3,5,8,10H2,1-2H3;1H4/b6-4+;. The van der Waals surface area contributed by atoms with E-state index in [1.807, 2.05) is 6.08 Å². The van der Waals surface area contributed by atoms with Gasteiger partial charge in [0.1, 0.15) is 0 Å². The smallest absolute Gasteiger partial charge is 0.0106 e. The van der Waals surface area contributed by atoms with Gasteiger partial charge in [-0.15, -0.1) is 0 Å². The average Bonchev–Trinajstić information content (AvgIpc) is 1.87. The molecule has 2 N–H and O–H groups in total. The minimum Gasteiger partial charge on any atom is -0.327 e. The third kappa shape index (κ3) is 12.6. The van der Waals surface area contributed by atoms with E-state index in [1.165, 1.54) is 5.57 Å². The Labute approximate surface area is 71.0 Å². The SMILES string of the molecule is C.CC(C)=CCC/C=C/CN. The molecule has 0 aromatic rings. The monoisotopic (exact) mass is 155 g/mol. The molecule has 0 spiro atoms. The first-order valence-electron chi connectivity index (χ1n) is 3.76. The number of nitrogens with two attached hydrogens (primary N) is 1. The lowest BCUT2D eigenvalue weighted by molar-refractivity contribution is 1.03. The Hall–Kier alpha value is -0.560. The van der Waals surface area contributed by atoms with E-state index in [1.54, 1.807) is 0 Å². The number of rotatable bonds is 4. The van der Waals surface area contributed by atoms with Crippen molar-refractivity contribution in [3.05, 3.63) is 23.8 Å². The Bertz CT molecular complexity index is 119. The van der Waals surface area contributed by atoms with Gasteiger partial charge in [0.2, 0.25) is 0 Å². The van der Waals surface area contributed by atoms with Crippen LogP contribution < -0.4 is 5.73 Å². The Kier molecular flexibility index (Phi) is 11.2. The molecular formula is C10H21N. The van der Waals surface area contributed by atoms with Crippen molar-refractivity contribution < 1.29 is 0 Å². The molecule has 0 heterocycles. The molecule has 0 aliphatic heterocycles. The summed E-state index contributed by atoms with van der Waals surface area (Å²) in [5.41, 5.74) is 6.66. The lowest BCUT2D eigenvalue weighted by Crippen LogP contribution is -1.91. The highest BCUT2D eigenvalue weighted by Crippen LogP contribution is 1.97. The molecule has 11 heavy (non-hydrogen) atoms. The van der Waals surface area contributed by atoms with Crippen molar-refractivity contribution in [2.75, 3.05) is 6.54 Å². The van der Waals surface area contributed by atoms with Gasteiger partial charge in [0.25, 0.3) is 0 Å². The van der Waals surface area contributed by atoms with Crippen LogP contribution in [0.4, 0.5) is 0 Å². The van der Waals surface area contributed by atoms with E-state index in [4.69, 9.17) is 5.73 Å². The zero-order chi connectivity index (χ0) is 7.82. The molecule has 1 heteroatoms. The summed E-state index contributed by atoms with van der Waals surface area (Å²) in [5.74, 6) is 0. The van der Waals surface area contributed by atoms with Gasteiger partial charge in [0, 0.05) is 6.54 Å². The highest BCUT2D eigenvalue weighted by atomic mass is 14.5. The van der Waals surface area contributed by atoms with Crippen molar-refractivity contribution in [3.8, 4) is 0 Å². The normalized spacial score (nSPS) is 9.36. The largest absolute Gasteiger partial charge is 0.327 e. The first-order valence-corrected chi connectivity index (χ1v) is 3.76. The van der Waals surface area contributed by atoms with Crippen LogP contribution in [0.15, 0.2) is 23.8 Å². The average molecular weight is 155 g/mol. The minimum atomic E-state index is 0. The van der Waals surface area contributed by atoms with Crippen molar-refractivity contribution in [2.24, 2.45) is 5.73 Å². The Morgan fingerprint density at radius 3 is 2.27 bits per heavy atom. The van der Waals surface area contributed by atoms with Crippen LogP contribution in [0.5, 0.6) is 0 Å². The van der Waals surface area contributed by atoms with Gasteiger partial charge in [-0.25, -0.2) is 0 Å². The molecule has 0 aliphatic rings. The van der Waals surface area contributed by atoms with E-state index in [9.17, 15) is 0 Å². The zero-order valence-electron chi connectivity index (χ0n) is 6.93. The molecular weight excluding hydrogens is 134 g/mol. The molecule has 0 aliphatic carbocycles. The Morgan fingerprint density at radius 2 is 1.82 bits per heavy atom. The topological polar surface area (TPSA) is 26.0 Å². The van der Waals surface area contributed by atoms with E-state index >= 15 is 0 Å². The summed E-state index contributed by atoms with van der Waals surface area (Å²) in [4.78, 5) is 0. The number of allylic oxidation sites excluding steroid dienone is 3. The fraction of sp³-hybridized carbons (Fsp3) is 0.600. The number of hydrogen-bond acceptors (Lipinski definition) is 1. The predicted molar refractivity (Wildman–Crippen MR) is 53.6 cm³/mol. The van der Waals surface area contributed by atoms with Gasteiger partial charge in [-0.1, -0.05) is 31.2 Å². The van der Waals surface area contributed by atoms with Gasteiger partial charge in [0.15, 0.2) is 0 Å². The van der Waals surface area contributed by atoms with Crippen LogP contribution in [0.2, 0.25) is 0 Å². The summed E-state index contributed by atoms with van der Waals surface area (Å²) in [6.45, 7) is 4.90. The zero-order valence-corrected chi connectivity index (χ0v) is 6.93. The lowest BCUT2D eigenvalue weighted by Gasteiger charge is -1.88. The molecule has 0 saturated heterocycles. The van der Waals surface area contributed by atoms with Gasteiger partial charge in [0.05, 0.1) is 0 Å². The van der Waals surface area contributed by atoms with Crippen molar-refractivity contribution in [1.82, 2.24) is 0 Å². The van der Waals surface area contributed by atoms with Crippen molar-refractivity contribution >= 4 is 0 Å². The van der Waals surface area contributed by atoms with Crippen LogP contribution in [0.3, 0.4) is 0 Å². The molecule has 0 aromatic heterocycles. The second-order valence-electron chi connectivity index (χ2n) is 2.57. The van der Waals surface area contributed by atoms with E-state index in [0.717, 1.165) is 12.8 Å². The first-order chi connectivity index (χ1) is 4.77. The first kappa shape index (κ1) is 13.1. The molecule has 0 saturated carbocycles. The quantitative estimate of drug-likeness (QED) is 0.490. The molecule has 1 nitrogen and oxygen atoms in total. The maximum Gasteiger partial charge on any atom is 0.0106 e. The fourth-order valence-corrected chi connectivity index (χ4v) is 0.682. The van der Waals surface area contributed by atoms with E-state index in [0.29, 0.717) is 6.54 Å². The number of unbranched alkanes of at least 4 members (excludes halogenated alkanes) is 1. The number of hydrogen-bond donors (Lipinski definition) is 1. The van der Waals surface area contributed by atoms with Gasteiger partial charge >= 0.3 is 0 Å². The summed E-state index contributed by atoms with van der Waals surface area (Å²) in [6.07, 6.45) is 8.61. The fourth-order valence-electron chi connectivity index (χ4n) is 0.682. The Balaban J connectivity index is 0. The summed E-state index contributed by atoms with van der Waals surface area (Å²) in [5, 5.41) is 0. The predicted octanol–water partition coefficient (Wildman–Crippen LogP) is 2.88. The van der Waals surface area contributed by atoms with E-state index in [-0.39, 0.29) is 7.43 Å². The summed E-state index contributed by atoms with van der Waals surface area (Å²) >= 11 is 0. The summed E-state index contributed by atoms with van der Waals surface area (Å²) < 4.78 is 0. The second kappa shape index (κ2) is 9.44. The third-order valence-corrected chi connectivity index (χ3v) is 1.19. The van der Waals surface area contributed by atoms with Crippen LogP contribution in [-0.2, 0) is 0 Å². The molecule has 66 valence electrons. The summed E-state index contributed by atoms with van der Waals surface area (Å²) in [7, 11) is 0. The molecule has 0 amide bonds. The summed E-state index contributed by atoms with van der Waals surface area (Å²) in [6, 6.07) is 0. The van der Waals surface area contributed by atoms with E-state index in [2.05, 4.69) is 26.0 Å². The minimum absolute atomic E-state index is 0. The van der Waals surface area contributed by atoms with Gasteiger partial charge in [-0.2, -0.15) is 0 Å². The molecule has 0 bridgehead atoms. The van der Waals surface area contributed by atoms with Crippen molar-refractivity contribution in [2.45, 2.75) is 34.1 Å². The van der Waals surface area contributed by atoms with Crippen LogP contribution >= 0.6 is 0 Å². The maximum atomic E-state index is 5.27. The van der Waals surface area contributed by atoms with Crippen LogP contribution in [0.1, 0.15) is 34.1 Å². The molecule has 0 unspecified atom stereocenters. The molecule has 0 radical (unpaired) electrons. The third-order valence-electron chi connectivity index (χ3n) is 1.19. The van der Waals surface area contributed by atoms with Crippen molar-refractivity contribution in [1.29, 1.82) is 0 Å². The second-order valence-corrected chi connectivity index (χ2v) is 2.57. The highest BCUT2D eigenvalue weighted by Gasteiger charge is 1.77. The van der Waals surface area contributed by atoms with Crippen LogP contribution in [0.25, 0.3) is 0 Å². The molecule has 0 fully saturated rings. The van der Waals surface area contributed by atoms with E-state index < -0.39 is 0 Å². The van der Waals surface area contributed by atoms with Crippen molar-refractivity contribution in [3.63, 3.8) is 0 Å². The highest BCUT2D eigenvalue weighted by molar-refractivity contribution is 4.95.